The molecule has 1 aromatic carbocycles. The van der Waals surface area contributed by atoms with Gasteiger partial charge in [-0.1, -0.05) is 23.7 Å². The fraction of sp³-hybridized carbons (Fsp3) is 0.214. The lowest BCUT2D eigenvalue weighted by Crippen LogP contribution is -2.26. The molecule has 4 nitrogen and oxygen atoms in total. The smallest absolute Gasteiger partial charge is 0.305 e. The zero-order valence-corrected chi connectivity index (χ0v) is 12.3. The second kappa shape index (κ2) is 6.63. The number of nitrogens with zero attached hydrogens (tertiary/aromatic N) is 1. The number of hydrogen-bond donors (Lipinski definition) is 2. The van der Waals surface area contributed by atoms with E-state index in [0.29, 0.717) is 18.8 Å². The lowest BCUT2D eigenvalue weighted by Gasteiger charge is -2.25. The van der Waals surface area contributed by atoms with Crippen LogP contribution in [0.25, 0.3) is 0 Å². The van der Waals surface area contributed by atoms with E-state index in [1.54, 1.807) is 0 Å². The van der Waals surface area contributed by atoms with Crippen molar-refractivity contribution in [3.05, 3.63) is 45.6 Å². The Morgan fingerprint density at radius 3 is 2.65 bits per heavy atom. The molecule has 2 aromatic rings. The number of para-hydroxylation sites is 2. The molecule has 0 atom stereocenters. The van der Waals surface area contributed by atoms with Crippen molar-refractivity contribution in [3.8, 4) is 0 Å². The van der Waals surface area contributed by atoms with Gasteiger partial charge in [0.2, 0.25) is 0 Å². The molecule has 0 aliphatic heterocycles. The van der Waals surface area contributed by atoms with Crippen LogP contribution in [-0.4, -0.2) is 17.6 Å². The Labute approximate surface area is 126 Å². The van der Waals surface area contributed by atoms with Crippen molar-refractivity contribution >= 4 is 40.3 Å². The molecule has 0 saturated carbocycles. The lowest BCUT2D eigenvalue weighted by molar-refractivity contribution is -0.136. The summed E-state index contributed by atoms with van der Waals surface area (Å²) in [4.78, 5) is 13.8. The molecule has 20 heavy (non-hydrogen) atoms. The van der Waals surface area contributed by atoms with Crippen molar-refractivity contribution < 1.29 is 9.90 Å². The summed E-state index contributed by atoms with van der Waals surface area (Å²) in [7, 11) is 0. The Kier molecular flexibility index (Phi) is 4.87. The minimum absolute atomic E-state index is 0.0629. The third-order valence-electron chi connectivity index (χ3n) is 2.85. The molecule has 0 amide bonds. The van der Waals surface area contributed by atoms with Crippen molar-refractivity contribution in [1.82, 2.24) is 0 Å². The lowest BCUT2D eigenvalue weighted by atomic mass is 10.2. The van der Waals surface area contributed by atoms with Gasteiger partial charge in [0.25, 0.3) is 0 Å². The minimum Gasteiger partial charge on any atom is -0.481 e. The van der Waals surface area contributed by atoms with E-state index in [0.717, 1.165) is 14.9 Å². The van der Waals surface area contributed by atoms with Gasteiger partial charge in [0, 0.05) is 11.4 Å². The molecule has 0 aliphatic carbocycles. The summed E-state index contributed by atoms with van der Waals surface area (Å²) in [6, 6.07) is 11.2. The van der Waals surface area contributed by atoms with E-state index in [2.05, 4.69) is 0 Å². The van der Waals surface area contributed by atoms with Gasteiger partial charge < -0.3 is 15.7 Å². The van der Waals surface area contributed by atoms with E-state index in [1.165, 1.54) is 11.3 Å². The zero-order valence-electron chi connectivity index (χ0n) is 10.8. The monoisotopic (exact) mass is 310 g/mol. The number of rotatable bonds is 6. The Morgan fingerprint density at radius 1 is 1.30 bits per heavy atom. The number of carboxylic acid groups (broad SMARTS) is 1. The standard InChI is InChI=1S/C14H15ClN2O2S/c15-13-6-5-10(20-13)9-17(8-7-14(18)19)12-4-2-1-3-11(12)16/h1-6H,7-9,16H2,(H,18,19). The molecular weight excluding hydrogens is 296 g/mol. The molecule has 0 aliphatic rings. The van der Waals surface area contributed by atoms with Gasteiger partial charge in [-0.15, -0.1) is 11.3 Å². The van der Waals surface area contributed by atoms with Crippen LogP contribution in [0.1, 0.15) is 11.3 Å². The van der Waals surface area contributed by atoms with Crippen molar-refractivity contribution in [1.29, 1.82) is 0 Å². The fourth-order valence-corrected chi connectivity index (χ4v) is 3.02. The molecule has 106 valence electrons. The Morgan fingerprint density at radius 2 is 2.05 bits per heavy atom. The maximum atomic E-state index is 10.8. The molecule has 0 fully saturated rings. The van der Waals surface area contributed by atoms with Gasteiger partial charge in [-0.2, -0.15) is 0 Å². The average Bonchev–Trinajstić information content (AvgIpc) is 2.81. The molecule has 0 saturated heterocycles. The summed E-state index contributed by atoms with van der Waals surface area (Å²) in [6.07, 6.45) is 0.0629. The number of anilines is 2. The first kappa shape index (κ1) is 14.7. The highest BCUT2D eigenvalue weighted by atomic mass is 35.5. The number of nitrogens with two attached hydrogens (primary N) is 1. The average molecular weight is 311 g/mol. The number of carbonyl (C=O) groups is 1. The van der Waals surface area contributed by atoms with E-state index < -0.39 is 5.97 Å². The largest absolute Gasteiger partial charge is 0.481 e. The molecule has 1 heterocycles. The number of thiophene rings is 1. The van der Waals surface area contributed by atoms with Gasteiger partial charge in [-0.25, -0.2) is 0 Å². The summed E-state index contributed by atoms with van der Waals surface area (Å²) in [5, 5.41) is 8.87. The van der Waals surface area contributed by atoms with E-state index in [9.17, 15) is 4.79 Å². The van der Waals surface area contributed by atoms with Crippen molar-refractivity contribution in [2.45, 2.75) is 13.0 Å². The molecule has 0 unspecified atom stereocenters. The molecule has 6 heteroatoms. The third-order valence-corrected chi connectivity index (χ3v) is 4.06. The van der Waals surface area contributed by atoms with Crippen LogP contribution in [0.3, 0.4) is 0 Å². The third kappa shape index (κ3) is 3.88. The van der Waals surface area contributed by atoms with Crippen LogP contribution in [0, 0.1) is 0 Å². The van der Waals surface area contributed by atoms with E-state index in [1.807, 2.05) is 41.3 Å². The Balaban J connectivity index is 2.20. The number of benzene rings is 1. The summed E-state index contributed by atoms with van der Waals surface area (Å²) in [5.41, 5.74) is 7.46. The SMILES string of the molecule is Nc1ccccc1N(CCC(=O)O)Cc1ccc(Cl)s1. The Hall–Kier alpha value is -1.72. The maximum Gasteiger partial charge on any atom is 0.305 e. The first-order valence-corrected chi connectivity index (χ1v) is 7.31. The number of nitrogen functional groups attached to an aromatic ring is 1. The highest BCUT2D eigenvalue weighted by Gasteiger charge is 2.13. The van der Waals surface area contributed by atoms with Crippen LogP contribution in [0.15, 0.2) is 36.4 Å². The number of halogens is 1. The van der Waals surface area contributed by atoms with Crippen LogP contribution in [-0.2, 0) is 11.3 Å². The first-order valence-electron chi connectivity index (χ1n) is 6.11. The van der Waals surface area contributed by atoms with Crippen molar-refractivity contribution in [2.75, 3.05) is 17.2 Å². The van der Waals surface area contributed by atoms with Gasteiger partial charge in [0.05, 0.1) is 28.7 Å². The minimum atomic E-state index is -0.825. The van der Waals surface area contributed by atoms with Gasteiger partial charge in [0.15, 0.2) is 0 Å². The number of aliphatic carboxylic acids is 1. The molecule has 0 spiro atoms. The van der Waals surface area contributed by atoms with Gasteiger partial charge in [-0.3, -0.25) is 4.79 Å². The van der Waals surface area contributed by atoms with Crippen LogP contribution < -0.4 is 10.6 Å². The van der Waals surface area contributed by atoms with Gasteiger partial charge in [-0.05, 0) is 24.3 Å². The summed E-state index contributed by atoms with van der Waals surface area (Å²) in [6.45, 7) is 0.998. The normalized spacial score (nSPS) is 10.4. The quantitative estimate of drug-likeness (QED) is 0.802. The molecule has 1 aromatic heterocycles. The summed E-state index contributed by atoms with van der Waals surface area (Å²) in [5.74, 6) is -0.825. The second-order valence-corrected chi connectivity index (χ2v) is 6.13. The predicted octanol–water partition coefficient (Wildman–Crippen LogP) is 3.47. The van der Waals surface area contributed by atoms with Crippen LogP contribution in [0.4, 0.5) is 11.4 Å². The van der Waals surface area contributed by atoms with Crippen molar-refractivity contribution in [3.63, 3.8) is 0 Å². The van der Waals surface area contributed by atoms with Crippen molar-refractivity contribution in [2.24, 2.45) is 0 Å². The maximum absolute atomic E-state index is 10.8. The highest BCUT2D eigenvalue weighted by molar-refractivity contribution is 7.16. The van der Waals surface area contributed by atoms with Gasteiger partial charge in [0.1, 0.15) is 0 Å². The molecule has 0 bridgehead atoms. The molecule has 0 radical (unpaired) electrons. The predicted molar refractivity (Wildman–Crippen MR) is 83.5 cm³/mol. The van der Waals surface area contributed by atoms with Crippen LogP contribution in [0.2, 0.25) is 4.34 Å². The van der Waals surface area contributed by atoms with E-state index >= 15 is 0 Å². The molecule has 2 rings (SSSR count). The zero-order chi connectivity index (χ0) is 14.5. The first-order chi connectivity index (χ1) is 9.56. The summed E-state index contributed by atoms with van der Waals surface area (Å²) >= 11 is 7.42. The molecule has 3 N–H and O–H groups in total. The van der Waals surface area contributed by atoms with E-state index in [4.69, 9.17) is 22.4 Å². The van der Waals surface area contributed by atoms with E-state index in [-0.39, 0.29) is 6.42 Å². The second-order valence-electron chi connectivity index (χ2n) is 4.33. The van der Waals surface area contributed by atoms with Crippen LogP contribution >= 0.6 is 22.9 Å². The Bertz CT molecular complexity index is 600. The highest BCUT2D eigenvalue weighted by Crippen LogP contribution is 2.28. The topological polar surface area (TPSA) is 66.6 Å². The summed E-state index contributed by atoms with van der Waals surface area (Å²) < 4.78 is 0.721. The van der Waals surface area contributed by atoms with Gasteiger partial charge >= 0.3 is 5.97 Å². The fourth-order valence-electron chi connectivity index (χ4n) is 1.92. The number of carboxylic acids is 1. The number of hydrogen-bond acceptors (Lipinski definition) is 4. The van der Waals surface area contributed by atoms with Crippen LogP contribution in [0.5, 0.6) is 0 Å². The molecular formula is C14H15ClN2O2S.